The first-order valence-electron chi connectivity index (χ1n) is 23.2. The van der Waals surface area contributed by atoms with Crippen LogP contribution < -0.4 is 0 Å². The standard InChI is InChI=1S/C64H39N3O/c1-2-15-42(16-3-1)61-65-62(67-63(66-61)44-37-33-41(34-38-44)47-24-14-30-58-60(47)52-22-7-11-29-57(52)68-58)43-35-31-40(32-36-43)45-17-12-18-46(39-45)48-23-13-28-56-59(48)51-21-6-10-27-55(51)64(56)53-25-8-4-19-49(53)50-20-5-9-26-54(50)64/h1-39H. The smallest absolute Gasteiger partial charge is 0.164 e. The van der Waals surface area contributed by atoms with E-state index in [9.17, 15) is 0 Å². The Morgan fingerprint density at radius 3 is 1.41 bits per heavy atom. The zero-order valence-corrected chi connectivity index (χ0v) is 36.8. The second kappa shape index (κ2) is 15.0. The van der Waals surface area contributed by atoms with Gasteiger partial charge < -0.3 is 4.42 Å². The molecule has 0 amide bonds. The van der Waals surface area contributed by atoms with E-state index >= 15 is 0 Å². The number of benzene rings is 10. The predicted molar refractivity (Wildman–Crippen MR) is 276 cm³/mol. The quantitative estimate of drug-likeness (QED) is 0.167. The Morgan fingerprint density at radius 2 is 0.721 bits per heavy atom. The molecule has 0 aliphatic heterocycles. The molecule has 12 aromatic rings. The molecule has 68 heavy (non-hydrogen) atoms. The lowest BCUT2D eigenvalue weighted by Gasteiger charge is -2.30. The van der Waals surface area contributed by atoms with E-state index in [1.807, 2.05) is 48.5 Å². The van der Waals surface area contributed by atoms with E-state index < -0.39 is 0 Å². The SMILES string of the molecule is c1ccc(-c2nc(-c3ccc(-c4cccc(-c5cccc6c5-c5ccccc5C65c6ccccc6-c6ccccc65)c4)cc3)nc(-c3ccc(-c4cccc5oc6ccccc6c45)cc3)n2)cc1. The second-order valence-corrected chi connectivity index (χ2v) is 17.8. The van der Waals surface area contributed by atoms with Crippen LogP contribution in [0.25, 0.3) is 112 Å². The molecule has 0 atom stereocenters. The van der Waals surface area contributed by atoms with E-state index in [0.717, 1.165) is 60.9 Å². The summed E-state index contributed by atoms with van der Waals surface area (Å²) in [5, 5.41) is 2.22. The van der Waals surface area contributed by atoms with Crippen LogP contribution in [0, 0.1) is 0 Å². The van der Waals surface area contributed by atoms with Crippen LogP contribution in [0.15, 0.2) is 241 Å². The summed E-state index contributed by atoms with van der Waals surface area (Å²) in [6, 6.07) is 84.6. The van der Waals surface area contributed by atoms with Crippen molar-refractivity contribution in [3.05, 3.63) is 259 Å². The molecule has 0 N–H and O–H groups in total. The summed E-state index contributed by atoms with van der Waals surface area (Å²) in [6.45, 7) is 0. The minimum absolute atomic E-state index is 0.382. The van der Waals surface area contributed by atoms with Crippen molar-refractivity contribution in [2.45, 2.75) is 5.41 Å². The van der Waals surface area contributed by atoms with Crippen LogP contribution in [-0.2, 0) is 5.41 Å². The first-order valence-corrected chi connectivity index (χ1v) is 23.2. The van der Waals surface area contributed by atoms with Crippen LogP contribution in [0.5, 0.6) is 0 Å². The molecule has 316 valence electrons. The van der Waals surface area contributed by atoms with Crippen molar-refractivity contribution in [2.24, 2.45) is 0 Å². The Labute approximate surface area is 393 Å². The number of hydrogen-bond donors (Lipinski definition) is 0. The van der Waals surface area contributed by atoms with Gasteiger partial charge in [-0.3, -0.25) is 0 Å². The number of fused-ring (bicyclic) bond motifs is 13. The van der Waals surface area contributed by atoms with Crippen LogP contribution in [0.4, 0.5) is 0 Å². The number of aromatic nitrogens is 3. The van der Waals surface area contributed by atoms with Crippen LogP contribution >= 0.6 is 0 Å². The fourth-order valence-corrected chi connectivity index (χ4v) is 11.2. The van der Waals surface area contributed by atoms with Crippen LogP contribution in [0.3, 0.4) is 0 Å². The van der Waals surface area contributed by atoms with Gasteiger partial charge >= 0.3 is 0 Å². The summed E-state index contributed by atoms with van der Waals surface area (Å²) >= 11 is 0. The van der Waals surface area contributed by atoms with Crippen molar-refractivity contribution in [2.75, 3.05) is 0 Å². The van der Waals surface area contributed by atoms with E-state index in [1.54, 1.807) is 0 Å². The predicted octanol–water partition coefficient (Wildman–Crippen LogP) is 16.1. The van der Waals surface area contributed by atoms with Gasteiger partial charge in [-0.05, 0) is 96.1 Å². The summed E-state index contributed by atoms with van der Waals surface area (Å²) < 4.78 is 6.21. The summed E-state index contributed by atoms with van der Waals surface area (Å²) in [4.78, 5) is 15.2. The van der Waals surface area contributed by atoms with Crippen LogP contribution in [0.1, 0.15) is 22.3 Å². The van der Waals surface area contributed by atoms with E-state index in [-0.39, 0.29) is 5.41 Å². The van der Waals surface area contributed by atoms with Gasteiger partial charge in [0.2, 0.25) is 0 Å². The number of rotatable bonds is 6. The number of nitrogens with zero attached hydrogens (tertiary/aromatic N) is 3. The molecule has 10 aromatic carbocycles. The average Bonchev–Trinajstić information content (AvgIpc) is 4.06. The monoisotopic (exact) mass is 865 g/mol. The molecular weight excluding hydrogens is 827 g/mol. The fraction of sp³-hybridized carbons (Fsp3) is 0.0156. The first-order chi connectivity index (χ1) is 33.7. The minimum atomic E-state index is -0.382. The van der Waals surface area contributed by atoms with Gasteiger partial charge in [0.1, 0.15) is 11.2 Å². The molecule has 0 bridgehead atoms. The first kappa shape index (κ1) is 38.3. The number of para-hydroxylation sites is 1. The molecule has 14 rings (SSSR count). The van der Waals surface area contributed by atoms with Gasteiger partial charge in [0.15, 0.2) is 17.5 Å². The van der Waals surface area contributed by atoms with Gasteiger partial charge in [0.25, 0.3) is 0 Å². The average molecular weight is 866 g/mol. The largest absolute Gasteiger partial charge is 0.456 e. The third kappa shape index (κ3) is 5.71. The minimum Gasteiger partial charge on any atom is -0.456 e. The van der Waals surface area contributed by atoms with Crippen LogP contribution in [0.2, 0.25) is 0 Å². The Kier molecular flexibility index (Phi) is 8.46. The molecule has 0 saturated heterocycles. The molecular formula is C64H39N3O. The molecule has 4 nitrogen and oxygen atoms in total. The van der Waals surface area contributed by atoms with Crippen molar-refractivity contribution in [3.8, 4) is 89.8 Å². The van der Waals surface area contributed by atoms with E-state index in [2.05, 4.69) is 188 Å². The summed E-state index contributed by atoms with van der Waals surface area (Å²) in [6.07, 6.45) is 0. The van der Waals surface area contributed by atoms with Crippen molar-refractivity contribution in [3.63, 3.8) is 0 Å². The topological polar surface area (TPSA) is 51.8 Å². The fourth-order valence-electron chi connectivity index (χ4n) is 11.2. The summed E-state index contributed by atoms with van der Waals surface area (Å²) in [5.41, 5.74) is 21.7. The second-order valence-electron chi connectivity index (χ2n) is 17.8. The van der Waals surface area contributed by atoms with Gasteiger partial charge in [-0.1, -0.05) is 218 Å². The summed E-state index contributed by atoms with van der Waals surface area (Å²) in [7, 11) is 0. The van der Waals surface area contributed by atoms with Crippen molar-refractivity contribution < 1.29 is 4.42 Å². The maximum atomic E-state index is 6.21. The van der Waals surface area contributed by atoms with Gasteiger partial charge in [0.05, 0.1) is 5.41 Å². The highest BCUT2D eigenvalue weighted by Gasteiger charge is 2.52. The highest BCUT2D eigenvalue weighted by atomic mass is 16.3. The Bertz CT molecular complexity index is 3920. The summed E-state index contributed by atoms with van der Waals surface area (Å²) in [5.74, 6) is 1.87. The van der Waals surface area contributed by atoms with Gasteiger partial charge in [0, 0.05) is 27.5 Å². The van der Waals surface area contributed by atoms with E-state index in [0.29, 0.717) is 17.5 Å². The Balaban J connectivity index is 0.828. The third-order valence-electron chi connectivity index (χ3n) is 14.2. The molecule has 4 heteroatoms. The lowest BCUT2D eigenvalue weighted by Crippen LogP contribution is -2.25. The van der Waals surface area contributed by atoms with Gasteiger partial charge in [-0.25, -0.2) is 15.0 Å². The molecule has 2 heterocycles. The van der Waals surface area contributed by atoms with Gasteiger partial charge in [-0.15, -0.1) is 0 Å². The number of hydrogen-bond acceptors (Lipinski definition) is 4. The molecule has 0 unspecified atom stereocenters. The van der Waals surface area contributed by atoms with E-state index in [1.165, 1.54) is 55.6 Å². The normalized spacial score (nSPS) is 12.8. The lowest BCUT2D eigenvalue weighted by molar-refractivity contribution is 0.669. The van der Waals surface area contributed by atoms with Crippen molar-refractivity contribution >= 4 is 21.9 Å². The molecule has 0 saturated carbocycles. The molecule has 2 aromatic heterocycles. The van der Waals surface area contributed by atoms with Crippen LogP contribution in [-0.4, -0.2) is 15.0 Å². The highest BCUT2D eigenvalue weighted by Crippen LogP contribution is 2.64. The Morgan fingerprint density at radius 1 is 0.279 bits per heavy atom. The van der Waals surface area contributed by atoms with Gasteiger partial charge in [-0.2, -0.15) is 0 Å². The third-order valence-corrected chi connectivity index (χ3v) is 14.2. The molecule has 2 aliphatic rings. The maximum Gasteiger partial charge on any atom is 0.164 e. The molecule has 0 radical (unpaired) electrons. The lowest BCUT2D eigenvalue weighted by atomic mass is 9.70. The molecule has 0 fully saturated rings. The van der Waals surface area contributed by atoms with E-state index in [4.69, 9.17) is 19.4 Å². The zero-order chi connectivity index (χ0) is 44.8. The highest BCUT2D eigenvalue weighted by molar-refractivity contribution is 6.12. The maximum absolute atomic E-state index is 6.21. The zero-order valence-electron chi connectivity index (χ0n) is 36.8. The number of furan rings is 1. The van der Waals surface area contributed by atoms with Crippen molar-refractivity contribution in [1.82, 2.24) is 15.0 Å². The Hall–Kier alpha value is -8.99. The van der Waals surface area contributed by atoms with Crippen molar-refractivity contribution in [1.29, 1.82) is 0 Å². The molecule has 1 spiro atoms. The molecule has 2 aliphatic carbocycles.